The van der Waals surface area contributed by atoms with Crippen molar-refractivity contribution in [1.82, 2.24) is 39.5 Å². The van der Waals surface area contributed by atoms with E-state index in [-0.39, 0.29) is 12.0 Å². The number of fused-ring (bicyclic) bond motifs is 1. The van der Waals surface area contributed by atoms with E-state index in [1.807, 2.05) is 28.0 Å². The molecule has 65 heavy (non-hydrogen) atoms. The molecule has 1 aliphatic carbocycles. The van der Waals surface area contributed by atoms with Crippen molar-refractivity contribution in [3.05, 3.63) is 54.4 Å². The molecule has 0 radical (unpaired) electrons. The number of likely N-dealkylation sites (tertiary alicyclic amines) is 2. The topological polar surface area (TPSA) is 244 Å². The average Bonchev–Trinajstić information content (AvgIpc) is 3.86. The van der Waals surface area contributed by atoms with Crippen LogP contribution in [-0.2, 0) is 32.6 Å². The van der Waals surface area contributed by atoms with Crippen LogP contribution in [0, 0.1) is 11.3 Å². The van der Waals surface area contributed by atoms with Gasteiger partial charge >= 0.3 is 42.6 Å². The molecule has 2 aliphatic heterocycles. The van der Waals surface area contributed by atoms with E-state index in [4.69, 9.17) is 34.4 Å². The van der Waals surface area contributed by atoms with Crippen LogP contribution in [-0.4, -0.2) is 141 Å². The van der Waals surface area contributed by atoms with Crippen molar-refractivity contribution in [3.8, 4) is 23.2 Å². The Labute approximate surface area is 356 Å². The second-order valence-electron chi connectivity index (χ2n) is 14.6. The number of nitriles is 1. The van der Waals surface area contributed by atoms with E-state index >= 15 is 0 Å². The zero-order valence-corrected chi connectivity index (χ0v) is 32.9. The van der Waals surface area contributed by atoms with Crippen LogP contribution in [0.15, 0.2) is 43.1 Å². The Bertz CT molecular complexity index is 2250. The summed E-state index contributed by atoms with van der Waals surface area (Å²) in [6.07, 6.45) is -10.0. The molecule has 0 spiro atoms. The molecule has 3 aliphatic rings. The lowest BCUT2D eigenvalue weighted by atomic mass is 9.82. The lowest BCUT2D eigenvalue weighted by Gasteiger charge is -2.53. The predicted molar refractivity (Wildman–Crippen MR) is 193 cm³/mol. The normalized spacial score (nSPS) is 19.1. The van der Waals surface area contributed by atoms with Gasteiger partial charge < -0.3 is 30.1 Å². The van der Waals surface area contributed by atoms with Crippen LogP contribution < -0.4 is 4.74 Å². The molecular weight excluding hydrogens is 914 g/mol. The van der Waals surface area contributed by atoms with Crippen LogP contribution in [0.5, 0.6) is 5.88 Å². The monoisotopic (exact) mass is 949 g/mol. The zero-order chi connectivity index (χ0) is 48.7. The van der Waals surface area contributed by atoms with Gasteiger partial charge in [0.05, 0.1) is 30.5 Å². The van der Waals surface area contributed by atoms with Gasteiger partial charge in [-0.2, -0.15) is 63.0 Å². The van der Waals surface area contributed by atoms with Gasteiger partial charge in [0.15, 0.2) is 0 Å². The number of H-pyrrole nitrogens is 1. The number of pyridine rings is 1. The van der Waals surface area contributed by atoms with Crippen molar-refractivity contribution in [2.24, 2.45) is 0 Å². The summed E-state index contributed by atoms with van der Waals surface area (Å²) in [6, 6.07) is 7.20. The molecule has 29 heteroatoms. The Morgan fingerprint density at radius 1 is 0.862 bits per heavy atom. The number of nitrogens with zero attached hydrogens (tertiary/aromatic N) is 8. The van der Waals surface area contributed by atoms with Gasteiger partial charge in [0, 0.05) is 68.2 Å². The summed E-state index contributed by atoms with van der Waals surface area (Å²) in [5.74, 6) is -8.28. The molecule has 4 aromatic heterocycles. The van der Waals surface area contributed by atoms with Crippen LogP contribution in [0.4, 0.5) is 52.7 Å². The molecule has 0 amide bonds. The number of carboxylic acid groups (broad SMARTS) is 3. The Hall–Kier alpha value is -6.28. The SMILES string of the molecule is N#CCC1(n2cc(-c3ncnc4[nH]ccc34)cn2)CN([C@H]2CC[C@@H](Oc3cc(CN4CC(O)C4)cc(C(F)(F)F)n3)CC2)C1.O=C(O)C(F)(F)F.O=C(O)C(F)(F)F.O=C(O)C(F)(F)F. The standard InChI is InChI=1S/C30H32F3N9O2.3C2HF3O2/c31-30(32,33)25-9-19(12-40-14-22(43)15-40)10-26(39-25)44-23-3-1-21(2-4-23)41-16-29(17-41,6-7-34)42-13-20(11-38-42)27-24-5-8-35-28(24)37-18-36-27;3*3-2(4,5)1(6)7/h5,8-11,13,18,21-23,43H,1-4,6,12,14-17H2,(H,35,36,37);3*(H,6,7)/t21-,23+;;;. The summed E-state index contributed by atoms with van der Waals surface area (Å²) < 4.78 is 144. The van der Waals surface area contributed by atoms with Crippen molar-refractivity contribution >= 4 is 28.9 Å². The number of nitrogens with one attached hydrogen (secondary N) is 1. The smallest absolute Gasteiger partial charge is 0.475 e. The minimum absolute atomic E-state index is 0.00794. The lowest BCUT2D eigenvalue weighted by Crippen LogP contribution is -2.65. The van der Waals surface area contributed by atoms with Crippen LogP contribution in [0.25, 0.3) is 22.3 Å². The first-order valence-electron chi connectivity index (χ1n) is 18.5. The number of aromatic nitrogens is 6. The van der Waals surface area contributed by atoms with Gasteiger partial charge in [0.25, 0.3) is 0 Å². The molecule has 17 nitrogen and oxygen atoms in total. The van der Waals surface area contributed by atoms with E-state index in [0.29, 0.717) is 63.6 Å². The molecule has 1 saturated carbocycles. The highest BCUT2D eigenvalue weighted by Crippen LogP contribution is 2.39. The lowest BCUT2D eigenvalue weighted by molar-refractivity contribution is -0.193. The first kappa shape index (κ1) is 51.4. The number of aliphatic hydroxyl groups excluding tert-OH is 1. The number of carbonyl (C=O) groups is 3. The number of alkyl halides is 12. The highest BCUT2D eigenvalue weighted by Gasteiger charge is 2.48. The Kier molecular flexibility index (Phi) is 16.0. The van der Waals surface area contributed by atoms with Crippen LogP contribution in [0.1, 0.15) is 43.4 Å². The molecule has 2 saturated heterocycles. The van der Waals surface area contributed by atoms with Crippen molar-refractivity contribution in [2.75, 3.05) is 26.2 Å². The molecule has 0 aromatic carbocycles. The van der Waals surface area contributed by atoms with Gasteiger partial charge in [-0.3, -0.25) is 14.5 Å². The molecule has 6 heterocycles. The van der Waals surface area contributed by atoms with E-state index in [1.165, 1.54) is 6.33 Å². The van der Waals surface area contributed by atoms with Crippen LogP contribution >= 0.6 is 0 Å². The molecule has 4 aromatic rings. The van der Waals surface area contributed by atoms with Crippen LogP contribution in [0.3, 0.4) is 0 Å². The number of β-amino-alcohol motifs (C(OH)–C–C–N with tert-alkyl or cyclic N) is 1. The molecule has 0 unspecified atom stereocenters. The van der Waals surface area contributed by atoms with E-state index in [0.717, 1.165) is 41.2 Å². The third-order valence-corrected chi connectivity index (χ3v) is 9.77. The fourth-order valence-corrected chi connectivity index (χ4v) is 6.74. The maximum absolute atomic E-state index is 13.6. The summed E-state index contributed by atoms with van der Waals surface area (Å²) in [5, 5.41) is 46.1. The van der Waals surface area contributed by atoms with Gasteiger partial charge in [-0.1, -0.05) is 0 Å². The minimum Gasteiger partial charge on any atom is -0.475 e. The third-order valence-electron chi connectivity index (χ3n) is 9.77. The van der Waals surface area contributed by atoms with Gasteiger partial charge in [-0.05, 0) is 43.4 Å². The van der Waals surface area contributed by atoms with E-state index in [1.54, 1.807) is 12.3 Å². The van der Waals surface area contributed by atoms with E-state index in [2.05, 4.69) is 36.0 Å². The Morgan fingerprint density at radius 3 is 1.91 bits per heavy atom. The molecule has 3 fully saturated rings. The van der Waals surface area contributed by atoms with Crippen molar-refractivity contribution in [1.29, 1.82) is 5.26 Å². The summed E-state index contributed by atoms with van der Waals surface area (Å²) in [6.45, 7) is 2.56. The molecule has 0 bridgehead atoms. The van der Waals surface area contributed by atoms with Gasteiger partial charge in [-0.25, -0.2) is 29.3 Å². The molecule has 5 N–H and O–H groups in total. The molecule has 0 atom stereocenters. The number of hydrogen-bond donors (Lipinski definition) is 5. The van der Waals surface area contributed by atoms with E-state index < -0.39 is 59.9 Å². The number of carboxylic acids is 3. The number of aliphatic carboxylic acids is 3. The number of rotatable bonds is 8. The van der Waals surface area contributed by atoms with Gasteiger partial charge in [-0.15, -0.1) is 0 Å². The third kappa shape index (κ3) is 14.1. The van der Waals surface area contributed by atoms with Crippen molar-refractivity contribution < 1.29 is 92.2 Å². The van der Waals surface area contributed by atoms with Gasteiger partial charge in [0.1, 0.15) is 29.3 Å². The average molecular weight is 950 g/mol. The fourth-order valence-electron chi connectivity index (χ4n) is 6.74. The summed E-state index contributed by atoms with van der Waals surface area (Å²) in [7, 11) is 0. The second-order valence-corrected chi connectivity index (χ2v) is 14.6. The van der Waals surface area contributed by atoms with Crippen molar-refractivity contribution in [2.45, 2.75) is 87.1 Å². The van der Waals surface area contributed by atoms with E-state index in [9.17, 15) is 63.1 Å². The fraction of sp³-hybridized carbons (Fsp3) is 0.500. The van der Waals surface area contributed by atoms with Crippen molar-refractivity contribution in [3.63, 3.8) is 0 Å². The predicted octanol–water partition coefficient (Wildman–Crippen LogP) is 5.63. The molecule has 356 valence electrons. The highest BCUT2D eigenvalue weighted by atomic mass is 19.4. The van der Waals surface area contributed by atoms with Gasteiger partial charge in [0.2, 0.25) is 5.88 Å². The summed E-state index contributed by atoms with van der Waals surface area (Å²) >= 11 is 0. The number of hydrogen-bond acceptors (Lipinski definition) is 12. The maximum Gasteiger partial charge on any atom is 0.490 e. The van der Waals surface area contributed by atoms with Crippen LogP contribution in [0.2, 0.25) is 0 Å². The number of aromatic amines is 1. The largest absolute Gasteiger partial charge is 0.490 e. The number of halogens is 12. The zero-order valence-electron chi connectivity index (χ0n) is 32.9. The second kappa shape index (κ2) is 20.3. The quantitative estimate of drug-likeness (QED) is 0.135. The Morgan fingerprint density at radius 2 is 1.42 bits per heavy atom. The molecule has 7 rings (SSSR count). The first-order chi connectivity index (χ1) is 30.0. The number of ether oxygens (including phenoxy) is 1. The Balaban J connectivity index is 0.000000366. The summed E-state index contributed by atoms with van der Waals surface area (Å²) in [5.41, 5.74) is 1.46. The minimum atomic E-state index is -5.08. The molecular formula is C36H35F12N9O8. The first-order valence-corrected chi connectivity index (χ1v) is 18.5. The number of aliphatic hydroxyl groups is 1. The highest BCUT2D eigenvalue weighted by molar-refractivity contribution is 5.90. The maximum atomic E-state index is 13.6. The summed E-state index contributed by atoms with van der Waals surface area (Å²) in [4.78, 5) is 46.5.